The smallest absolute Gasteiger partial charge is 0.295 e. The van der Waals surface area contributed by atoms with Crippen molar-refractivity contribution in [1.29, 1.82) is 0 Å². The van der Waals surface area contributed by atoms with Gasteiger partial charge in [0.25, 0.3) is 5.91 Å². The molecule has 0 aliphatic heterocycles. The fourth-order valence-corrected chi connectivity index (χ4v) is 1.56. The van der Waals surface area contributed by atoms with Crippen molar-refractivity contribution in [1.82, 2.24) is 10.3 Å². The second-order valence-electron chi connectivity index (χ2n) is 2.63. The lowest BCUT2D eigenvalue weighted by Crippen LogP contribution is -2.25. The summed E-state index contributed by atoms with van der Waals surface area (Å²) in [5.41, 5.74) is 0. The van der Waals surface area contributed by atoms with Crippen LogP contribution in [0.25, 0.3) is 0 Å². The molecule has 0 fully saturated rings. The monoisotopic (exact) mass is 194 g/mol. The molecule has 1 aromatic rings. The van der Waals surface area contributed by atoms with Gasteiger partial charge in [0.2, 0.25) is 0 Å². The van der Waals surface area contributed by atoms with Gasteiger partial charge in [0.15, 0.2) is 0 Å². The number of hydrogen-bond acceptors (Lipinski definition) is 3. The third-order valence-corrected chi connectivity index (χ3v) is 2.58. The number of carbonyl (C=O) groups excluding carboxylic acids is 1. The molecule has 4 heteroatoms. The molecule has 1 heterocycles. The van der Waals surface area contributed by atoms with Crippen molar-refractivity contribution in [3.05, 3.63) is 16.6 Å². The van der Waals surface area contributed by atoms with Crippen LogP contribution >= 0.6 is 11.3 Å². The number of aromatic nitrogens is 1. The van der Waals surface area contributed by atoms with E-state index in [2.05, 4.69) is 10.3 Å². The van der Waals surface area contributed by atoms with Crippen molar-refractivity contribution in [2.45, 2.75) is 12.8 Å². The lowest BCUT2D eigenvalue weighted by atomic mass is 10.2. The Morgan fingerprint density at radius 3 is 3.23 bits per heavy atom. The Morgan fingerprint density at radius 1 is 1.92 bits per heavy atom. The summed E-state index contributed by atoms with van der Waals surface area (Å²) >= 11 is 1.58. The zero-order valence-electron chi connectivity index (χ0n) is 7.28. The highest BCUT2D eigenvalue weighted by molar-refractivity contribution is 7.09. The Labute approximate surface area is 81.2 Å². The second kappa shape index (κ2) is 4.63. The lowest BCUT2D eigenvalue weighted by Gasteiger charge is -2.07. The molecular formula is C9H10N2OS. The van der Waals surface area contributed by atoms with E-state index in [9.17, 15) is 4.79 Å². The van der Waals surface area contributed by atoms with Crippen LogP contribution in [0.2, 0.25) is 0 Å². The molecule has 3 nitrogen and oxygen atoms in total. The SMILES string of the molecule is C#CC(=O)NCC(C)c1nccs1. The molecule has 0 aliphatic rings. The van der Waals surface area contributed by atoms with Gasteiger partial charge in [0.1, 0.15) is 0 Å². The largest absolute Gasteiger partial charge is 0.345 e. The highest BCUT2D eigenvalue weighted by Crippen LogP contribution is 2.15. The molecule has 1 N–H and O–H groups in total. The predicted molar refractivity (Wildman–Crippen MR) is 52.4 cm³/mol. The molecular weight excluding hydrogens is 184 g/mol. The molecule has 13 heavy (non-hydrogen) atoms. The van der Waals surface area contributed by atoms with E-state index in [1.54, 1.807) is 17.5 Å². The summed E-state index contributed by atoms with van der Waals surface area (Å²) < 4.78 is 0. The number of thiazole rings is 1. The summed E-state index contributed by atoms with van der Waals surface area (Å²) in [6.07, 6.45) is 6.65. The fourth-order valence-electron chi connectivity index (χ4n) is 0.862. The predicted octanol–water partition coefficient (Wildman–Crippen LogP) is 0.996. The van der Waals surface area contributed by atoms with Gasteiger partial charge in [-0.1, -0.05) is 6.92 Å². The van der Waals surface area contributed by atoms with Gasteiger partial charge in [-0.15, -0.1) is 17.8 Å². The molecule has 1 amide bonds. The average molecular weight is 194 g/mol. The van der Waals surface area contributed by atoms with Crippen LogP contribution in [0.1, 0.15) is 17.8 Å². The van der Waals surface area contributed by atoms with E-state index in [0.29, 0.717) is 6.54 Å². The molecule has 0 saturated carbocycles. The summed E-state index contributed by atoms with van der Waals surface area (Å²) in [7, 11) is 0. The van der Waals surface area contributed by atoms with Crippen LogP contribution in [0.5, 0.6) is 0 Å². The number of nitrogens with zero attached hydrogens (tertiary/aromatic N) is 1. The van der Waals surface area contributed by atoms with Gasteiger partial charge in [0.05, 0.1) is 5.01 Å². The standard InChI is InChI=1S/C9H10N2OS/c1-3-8(12)11-6-7(2)9-10-4-5-13-9/h1,4-5,7H,6H2,2H3,(H,11,12). The van der Waals surface area contributed by atoms with E-state index in [4.69, 9.17) is 6.42 Å². The van der Waals surface area contributed by atoms with Crippen LogP contribution in [0, 0.1) is 12.3 Å². The first-order valence-electron chi connectivity index (χ1n) is 3.88. The summed E-state index contributed by atoms with van der Waals surface area (Å²) in [6.45, 7) is 2.53. The van der Waals surface area contributed by atoms with Crippen molar-refractivity contribution in [3.63, 3.8) is 0 Å². The topological polar surface area (TPSA) is 42.0 Å². The molecule has 0 aromatic carbocycles. The van der Waals surface area contributed by atoms with Crippen LogP contribution < -0.4 is 5.32 Å². The highest BCUT2D eigenvalue weighted by atomic mass is 32.1. The van der Waals surface area contributed by atoms with Gasteiger partial charge in [-0.3, -0.25) is 4.79 Å². The van der Waals surface area contributed by atoms with E-state index in [0.717, 1.165) is 5.01 Å². The van der Waals surface area contributed by atoms with Crippen molar-refractivity contribution in [2.24, 2.45) is 0 Å². The number of hydrogen-bond donors (Lipinski definition) is 1. The van der Waals surface area contributed by atoms with E-state index in [-0.39, 0.29) is 11.8 Å². The lowest BCUT2D eigenvalue weighted by molar-refractivity contribution is -0.115. The van der Waals surface area contributed by atoms with E-state index in [1.165, 1.54) is 0 Å². The first-order valence-corrected chi connectivity index (χ1v) is 4.76. The van der Waals surface area contributed by atoms with Crippen molar-refractivity contribution >= 4 is 17.2 Å². The molecule has 0 radical (unpaired) electrons. The molecule has 0 bridgehead atoms. The summed E-state index contributed by atoms with van der Waals surface area (Å²) in [5.74, 6) is 1.85. The maximum absolute atomic E-state index is 10.7. The Hall–Kier alpha value is -1.34. The maximum atomic E-state index is 10.7. The van der Waals surface area contributed by atoms with Crippen LogP contribution in [0.4, 0.5) is 0 Å². The normalized spacial score (nSPS) is 11.7. The zero-order valence-corrected chi connectivity index (χ0v) is 8.10. The minimum absolute atomic E-state index is 0.220. The van der Waals surface area contributed by atoms with Gasteiger partial charge >= 0.3 is 0 Å². The van der Waals surface area contributed by atoms with Crippen LogP contribution in [0.3, 0.4) is 0 Å². The average Bonchev–Trinajstić information content (AvgIpc) is 2.66. The van der Waals surface area contributed by atoms with Crippen molar-refractivity contribution in [2.75, 3.05) is 6.54 Å². The molecule has 0 aliphatic carbocycles. The maximum Gasteiger partial charge on any atom is 0.295 e. The molecule has 68 valence electrons. The number of nitrogens with one attached hydrogen (secondary N) is 1. The highest BCUT2D eigenvalue weighted by Gasteiger charge is 2.08. The fraction of sp³-hybridized carbons (Fsp3) is 0.333. The minimum Gasteiger partial charge on any atom is -0.345 e. The third-order valence-electron chi connectivity index (χ3n) is 1.57. The molecule has 0 saturated heterocycles. The number of rotatable bonds is 3. The van der Waals surface area contributed by atoms with Gasteiger partial charge in [-0.25, -0.2) is 4.98 Å². The summed E-state index contributed by atoms with van der Waals surface area (Å²) in [6, 6.07) is 0. The van der Waals surface area contributed by atoms with Crippen molar-refractivity contribution < 1.29 is 4.79 Å². The van der Waals surface area contributed by atoms with Gasteiger partial charge < -0.3 is 5.32 Å². The van der Waals surface area contributed by atoms with Gasteiger partial charge in [-0.2, -0.15) is 0 Å². The zero-order chi connectivity index (χ0) is 9.68. The second-order valence-corrected chi connectivity index (χ2v) is 3.55. The Morgan fingerprint density at radius 2 is 2.69 bits per heavy atom. The Kier molecular flexibility index (Phi) is 3.47. The van der Waals surface area contributed by atoms with Crippen LogP contribution in [-0.2, 0) is 4.79 Å². The number of terminal acetylenes is 1. The molecule has 0 spiro atoms. The third kappa shape index (κ3) is 2.88. The number of amides is 1. The number of carbonyl (C=O) groups is 1. The Balaban J connectivity index is 2.39. The molecule has 1 unspecified atom stereocenters. The summed E-state index contributed by atoms with van der Waals surface area (Å²) in [4.78, 5) is 14.9. The van der Waals surface area contributed by atoms with Crippen LogP contribution in [-0.4, -0.2) is 17.4 Å². The minimum atomic E-state index is -0.372. The molecule has 1 rings (SSSR count). The van der Waals surface area contributed by atoms with Gasteiger partial charge in [-0.05, 0) is 5.92 Å². The van der Waals surface area contributed by atoms with Crippen LogP contribution in [0.15, 0.2) is 11.6 Å². The first kappa shape index (κ1) is 9.75. The van der Waals surface area contributed by atoms with E-state index < -0.39 is 0 Å². The summed E-state index contributed by atoms with van der Waals surface area (Å²) in [5, 5.41) is 5.53. The molecule has 1 aromatic heterocycles. The molecule has 1 atom stereocenters. The van der Waals surface area contributed by atoms with E-state index in [1.807, 2.05) is 18.2 Å². The van der Waals surface area contributed by atoms with E-state index >= 15 is 0 Å². The Bertz CT molecular complexity index is 313. The first-order chi connectivity index (χ1) is 6.24. The quantitative estimate of drug-likeness (QED) is 0.729. The van der Waals surface area contributed by atoms with Crippen molar-refractivity contribution in [3.8, 4) is 12.3 Å². The van der Waals surface area contributed by atoms with Gasteiger partial charge in [0, 0.05) is 24.0 Å².